The van der Waals surface area contributed by atoms with Gasteiger partial charge >= 0.3 is 0 Å². The highest BCUT2D eigenvalue weighted by molar-refractivity contribution is 6.32. The highest BCUT2D eigenvalue weighted by Crippen LogP contribution is 2.33. The van der Waals surface area contributed by atoms with Crippen molar-refractivity contribution in [3.8, 4) is 17.4 Å². The van der Waals surface area contributed by atoms with Gasteiger partial charge in [-0.15, -0.1) is 12.4 Å². The Morgan fingerprint density at radius 1 is 1.13 bits per heavy atom. The van der Waals surface area contributed by atoms with Crippen molar-refractivity contribution >= 4 is 46.5 Å². The Hall–Kier alpha value is -3.14. The average Bonchev–Trinajstić information content (AvgIpc) is 3.12. The number of fused-ring (bicyclic) bond motifs is 1. The molecular formula is C20H19Cl2N7O2. The van der Waals surface area contributed by atoms with Crippen LogP contribution in [0.25, 0.3) is 10.9 Å². The number of hydrogen-bond acceptors (Lipinski definition) is 8. The maximum Gasteiger partial charge on any atom is 0.238 e. The molecule has 160 valence electrons. The second kappa shape index (κ2) is 8.93. The van der Waals surface area contributed by atoms with Gasteiger partial charge in [0.2, 0.25) is 5.88 Å². The van der Waals surface area contributed by atoms with Gasteiger partial charge in [0.15, 0.2) is 5.82 Å². The van der Waals surface area contributed by atoms with E-state index in [4.69, 9.17) is 21.1 Å². The number of ether oxygens (including phenoxy) is 2. The summed E-state index contributed by atoms with van der Waals surface area (Å²) in [5, 5.41) is 11.8. The summed E-state index contributed by atoms with van der Waals surface area (Å²) in [5.41, 5.74) is 0.771. The molecule has 3 aromatic heterocycles. The van der Waals surface area contributed by atoms with Crippen LogP contribution in [0.15, 0.2) is 49.1 Å². The lowest BCUT2D eigenvalue weighted by molar-refractivity contribution is 0.141. The number of rotatable bonds is 6. The fourth-order valence-electron chi connectivity index (χ4n) is 3.00. The molecule has 0 unspecified atom stereocenters. The third-order valence-corrected chi connectivity index (χ3v) is 4.88. The van der Waals surface area contributed by atoms with Gasteiger partial charge in [-0.25, -0.2) is 15.0 Å². The summed E-state index contributed by atoms with van der Waals surface area (Å²) in [6.45, 7) is 1.65. The lowest BCUT2D eigenvalue weighted by Gasteiger charge is -2.27. The summed E-state index contributed by atoms with van der Waals surface area (Å²) in [6.07, 6.45) is 5.11. The number of nitrogens with one attached hydrogen (secondary N) is 2. The molecule has 1 aliphatic rings. The van der Waals surface area contributed by atoms with Crippen LogP contribution in [0.2, 0.25) is 5.02 Å². The SMILES string of the molecule is Cl.Cn1ccc(Nc2ncnc3ccc(Oc4ncc(OC5CNC5)cc4Cl)cc23)n1. The molecule has 0 spiro atoms. The van der Waals surface area contributed by atoms with Gasteiger partial charge in [0.25, 0.3) is 0 Å². The minimum absolute atomic E-state index is 0. The lowest BCUT2D eigenvalue weighted by atomic mass is 10.2. The quantitative estimate of drug-likeness (QED) is 0.449. The normalized spacial score (nSPS) is 13.4. The van der Waals surface area contributed by atoms with Crippen molar-refractivity contribution in [1.82, 2.24) is 30.0 Å². The lowest BCUT2D eigenvalue weighted by Crippen LogP contribution is -2.50. The molecule has 5 rings (SSSR count). The molecule has 0 radical (unpaired) electrons. The van der Waals surface area contributed by atoms with Gasteiger partial charge < -0.3 is 20.1 Å². The molecule has 1 saturated heterocycles. The van der Waals surface area contributed by atoms with E-state index < -0.39 is 0 Å². The number of hydrogen-bond donors (Lipinski definition) is 2. The van der Waals surface area contributed by atoms with Crippen LogP contribution in [-0.2, 0) is 7.05 Å². The molecule has 1 fully saturated rings. The second-order valence-corrected chi connectivity index (χ2v) is 7.27. The number of nitrogens with zero attached hydrogens (tertiary/aromatic N) is 5. The van der Waals surface area contributed by atoms with Gasteiger partial charge in [0.05, 0.1) is 11.7 Å². The molecule has 0 amide bonds. The zero-order valence-corrected chi connectivity index (χ0v) is 18.0. The van der Waals surface area contributed by atoms with E-state index in [0.29, 0.717) is 34.0 Å². The Bertz CT molecular complexity index is 1210. The third kappa shape index (κ3) is 4.63. The first-order valence-corrected chi connectivity index (χ1v) is 9.74. The number of anilines is 2. The molecule has 0 aliphatic carbocycles. The molecule has 1 aliphatic heterocycles. The first kappa shape index (κ1) is 21.1. The van der Waals surface area contributed by atoms with Gasteiger partial charge in [0.1, 0.15) is 34.8 Å². The van der Waals surface area contributed by atoms with Crippen molar-refractivity contribution in [3.63, 3.8) is 0 Å². The van der Waals surface area contributed by atoms with Gasteiger partial charge in [-0.05, 0) is 18.2 Å². The summed E-state index contributed by atoms with van der Waals surface area (Å²) in [7, 11) is 1.85. The van der Waals surface area contributed by atoms with Crippen molar-refractivity contribution in [1.29, 1.82) is 0 Å². The Labute approximate surface area is 189 Å². The number of aromatic nitrogens is 5. The molecular weight excluding hydrogens is 441 g/mol. The summed E-state index contributed by atoms with van der Waals surface area (Å²) in [6, 6.07) is 9.07. The number of benzene rings is 1. The number of pyridine rings is 1. The smallest absolute Gasteiger partial charge is 0.238 e. The van der Waals surface area contributed by atoms with Crippen LogP contribution in [0.5, 0.6) is 17.4 Å². The van der Waals surface area contributed by atoms with Crippen LogP contribution in [0.3, 0.4) is 0 Å². The largest absolute Gasteiger partial charge is 0.486 e. The molecule has 31 heavy (non-hydrogen) atoms. The third-order valence-electron chi connectivity index (χ3n) is 4.61. The van der Waals surface area contributed by atoms with Gasteiger partial charge in [-0.3, -0.25) is 4.68 Å². The standard InChI is InChI=1S/C20H18ClN7O2.ClH/c1-28-5-4-18(27-28)26-19-15-6-12(2-3-17(15)24-11-25-19)30-20-16(21)7-13(10-23-20)29-14-8-22-9-14;/h2-7,10-11,14,22H,8-9H2,1H3,(H,24,25,26,27);1H. The van der Waals surface area contributed by atoms with Crippen molar-refractivity contribution in [2.24, 2.45) is 7.05 Å². The molecule has 2 N–H and O–H groups in total. The molecule has 0 bridgehead atoms. The summed E-state index contributed by atoms with van der Waals surface area (Å²) in [5.74, 6) is 2.79. The minimum atomic E-state index is 0. The highest BCUT2D eigenvalue weighted by Gasteiger charge is 2.19. The summed E-state index contributed by atoms with van der Waals surface area (Å²) >= 11 is 6.35. The zero-order valence-electron chi connectivity index (χ0n) is 16.4. The van der Waals surface area contributed by atoms with Crippen LogP contribution < -0.4 is 20.1 Å². The zero-order chi connectivity index (χ0) is 20.5. The van der Waals surface area contributed by atoms with Crippen molar-refractivity contribution < 1.29 is 9.47 Å². The van der Waals surface area contributed by atoms with E-state index in [-0.39, 0.29) is 18.5 Å². The fraction of sp³-hybridized carbons (Fsp3) is 0.200. The molecule has 4 aromatic rings. The van der Waals surface area contributed by atoms with Crippen molar-refractivity contribution in [2.45, 2.75) is 6.10 Å². The van der Waals surface area contributed by atoms with Crippen LogP contribution in [0.1, 0.15) is 0 Å². The number of aryl methyl sites for hydroxylation is 1. The van der Waals surface area contributed by atoms with Crippen LogP contribution in [0, 0.1) is 0 Å². The summed E-state index contributed by atoms with van der Waals surface area (Å²) < 4.78 is 13.4. The first-order chi connectivity index (χ1) is 14.6. The van der Waals surface area contributed by atoms with E-state index in [0.717, 1.165) is 24.0 Å². The Morgan fingerprint density at radius 2 is 2.00 bits per heavy atom. The van der Waals surface area contributed by atoms with E-state index in [1.54, 1.807) is 16.9 Å². The van der Waals surface area contributed by atoms with Gasteiger partial charge in [-0.2, -0.15) is 5.10 Å². The van der Waals surface area contributed by atoms with Gasteiger partial charge in [0, 0.05) is 43.9 Å². The van der Waals surface area contributed by atoms with Crippen LogP contribution >= 0.6 is 24.0 Å². The maximum atomic E-state index is 6.35. The van der Waals surface area contributed by atoms with E-state index in [2.05, 4.69) is 30.7 Å². The highest BCUT2D eigenvalue weighted by atomic mass is 35.5. The Balaban J connectivity index is 0.00000231. The van der Waals surface area contributed by atoms with Crippen molar-refractivity contribution in [2.75, 3.05) is 18.4 Å². The molecule has 9 nitrogen and oxygen atoms in total. The minimum Gasteiger partial charge on any atom is -0.486 e. The molecule has 4 heterocycles. The van der Waals surface area contributed by atoms with E-state index in [9.17, 15) is 0 Å². The van der Waals surface area contributed by atoms with Gasteiger partial charge in [-0.1, -0.05) is 11.6 Å². The fourth-order valence-corrected chi connectivity index (χ4v) is 3.19. The Morgan fingerprint density at radius 3 is 2.71 bits per heavy atom. The topological polar surface area (TPSA) is 99.0 Å². The molecule has 1 aromatic carbocycles. The Kier molecular flexibility index (Phi) is 6.08. The molecule has 11 heteroatoms. The van der Waals surface area contributed by atoms with Crippen LogP contribution in [-0.4, -0.2) is 43.9 Å². The van der Waals surface area contributed by atoms with E-state index >= 15 is 0 Å². The predicted octanol–water partition coefficient (Wildman–Crippen LogP) is 3.72. The predicted molar refractivity (Wildman–Crippen MR) is 120 cm³/mol. The van der Waals surface area contributed by atoms with E-state index in [1.165, 1.54) is 6.33 Å². The summed E-state index contributed by atoms with van der Waals surface area (Å²) in [4.78, 5) is 12.9. The monoisotopic (exact) mass is 459 g/mol. The maximum absolute atomic E-state index is 6.35. The van der Waals surface area contributed by atoms with Crippen molar-refractivity contribution in [3.05, 3.63) is 54.1 Å². The number of halogens is 2. The van der Waals surface area contributed by atoms with E-state index in [1.807, 2.05) is 37.5 Å². The molecule has 0 saturated carbocycles. The van der Waals surface area contributed by atoms with Crippen LogP contribution in [0.4, 0.5) is 11.6 Å². The average molecular weight is 460 g/mol. The molecule has 0 atom stereocenters. The second-order valence-electron chi connectivity index (χ2n) is 6.86. The first-order valence-electron chi connectivity index (χ1n) is 9.36.